The van der Waals surface area contributed by atoms with E-state index in [-0.39, 0.29) is 17.3 Å². The first-order valence-electron chi connectivity index (χ1n) is 6.50. The Morgan fingerprint density at radius 1 is 1.30 bits per heavy atom. The van der Waals surface area contributed by atoms with E-state index in [9.17, 15) is 14.9 Å². The van der Waals surface area contributed by atoms with Crippen molar-refractivity contribution in [3.63, 3.8) is 0 Å². The molecule has 8 heteroatoms. The number of carbonyl (C=O) groups is 1. The summed E-state index contributed by atoms with van der Waals surface area (Å²) < 4.78 is 5.24. The summed E-state index contributed by atoms with van der Waals surface area (Å²) in [6, 6.07) is 12.8. The number of nitrogens with one attached hydrogen (secondary N) is 1. The molecule has 118 valence electrons. The molecule has 1 N–H and O–H groups in total. The van der Waals surface area contributed by atoms with Crippen molar-refractivity contribution in [1.29, 1.82) is 0 Å². The van der Waals surface area contributed by atoms with E-state index >= 15 is 0 Å². The first-order valence-corrected chi connectivity index (χ1v) is 6.88. The number of nitro groups is 1. The van der Waals surface area contributed by atoms with Crippen LogP contribution in [0.3, 0.4) is 0 Å². The van der Waals surface area contributed by atoms with Crippen LogP contribution in [-0.2, 0) is 4.79 Å². The molecule has 0 unspecified atom stereocenters. The molecule has 1 amide bonds. The van der Waals surface area contributed by atoms with Crippen molar-refractivity contribution in [1.82, 2.24) is 5.43 Å². The highest BCUT2D eigenvalue weighted by molar-refractivity contribution is 6.33. The number of carbonyl (C=O) groups excluding carboxylic acids is 1. The number of rotatable bonds is 6. The molecule has 7 nitrogen and oxygen atoms in total. The summed E-state index contributed by atoms with van der Waals surface area (Å²) in [6.45, 7) is -0.204. The summed E-state index contributed by atoms with van der Waals surface area (Å²) in [5.74, 6) is 0.0972. The van der Waals surface area contributed by atoms with Gasteiger partial charge in [0.15, 0.2) is 6.61 Å². The molecule has 0 saturated carbocycles. The van der Waals surface area contributed by atoms with Gasteiger partial charge in [0.05, 0.1) is 11.1 Å². The molecule has 2 aromatic rings. The van der Waals surface area contributed by atoms with Gasteiger partial charge >= 0.3 is 0 Å². The highest BCUT2D eigenvalue weighted by Crippen LogP contribution is 2.20. The van der Waals surface area contributed by atoms with Gasteiger partial charge in [-0.25, -0.2) is 5.43 Å². The van der Waals surface area contributed by atoms with Gasteiger partial charge in [0.1, 0.15) is 5.75 Å². The Morgan fingerprint density at radius 2 is 2.04 bits per heavy atom. The Balaban J connectivity index is 1.90. The van der Waals surface area contributed by atoms with Gasteiger partial charge in [0.2, 0.25) is 0 Å². The predicted molar refractivity (Wildman–Crippen MR) is 85.8 cm³/mol. The first kappa shape index (κ1) is 16.4. The minimum atomic E-state index is -0.542. The number of hydrazone groups is 1. The Bertz CT molecular complexity index is 735. The van der Waals surface area contributed by atoms with Crippen LogP contribution in [0.5, 0.6) is 5.75 Å². The Hall–Kier alpha value is -2.93. The molecule has 2 aromatic carbocycles. The number of non-ortho nitro benzene ring substituents is 1. The number of hydrogen-bond acceptors (Lipinski definition) is 5. The SMILES string of the molecule is O=C(COc1ccccc1)N/N=C/c1cc([N+](=O)[O-])ccc1Cl. The van der Waals surface area contributed by atoms with Gasteiger partial charge in [-0.1, -0.05) is 29.8 Å². The third kappa shape index (κ3) is 5.08. The minimum Gasteiger partial charge on any atom is -0.484 e. The number of nitro benzene ring substituents is 1. The quantitative estimate of drug-likeness (QED) is 0.499. The number of para-hydroxylation sites is 1. The van der Waals surface area contributed by atoms with Crippen LogP contribution in [0.2, 0.25) is 5.02 Å². The van der Waals surface area contributed by atoms with Crippen molar-refractivity contribution in [2.24, 2.45) is 5.10 Å². The van der Waals surface area contributed by atoms with Crippen molar-refractivity contribution in [2.45, 2.75) is 0 Å². The van der Waals surface area contributed by atoms with E-state index < -0.39 is 10.8 Å². The first-order chi connectivity index (χ1) is 11.1. The molecule has 0 aliphatic rings. The van der Waals surface area contributed by atoms with Gasteiger partial charge in [-0.15, -0.1) is 0 Å². The number of nitrogens with zero attached hydrogens (tertiary/aromatic N) is 2. The summed E-state index contributed by atoms with van der Waals surface area (Å²) in [6.07, 6.45) is 1.23. The Kier molecular flexibility index (Phi) is 5.65. The predicted octanol–water partition coefficient (Wildman–Crippen LogP) is 2.78. The lowest BCUT2D eigenvalue weighted by Crippen LogP contribution is -2.24. The van der Waals surface area contributed by atoms with Crippen LogP contribution >= 0.6 is 11.6 Å². The third-order valence-corrected chi connectivity index (χ3v) is 3.04. The molecule has 0 radical (unpaired) electrons. The molecule has 0 heterocycles. The van der Waals surface area contributed by atoms with Crippen LogP contribution < -0.4 is 10.2 Å². The second-order valence-electron chi connectivity index (χ2n) is 4.36. The smallest absolute Gasteiger partial charge is 0.277 e. The maximum atomic E-state index is 11.6. The topological polar surface area (TPSA) is 93.8 Å². The monoisotopic (exact) mass is 333 g/mol. The van der Waals surface area contributed by atoms with Crippen LogP contribution in [0.4, 0.5) is 5.69 Å². The number of ether oxygens (including phenoxy) is 1. The van der Waals surface area contributed by atoms with Crippen LogP contribution in [-0.4, -0.2) is 23.7 Å². The molecule has 0 aliphatic carbocycles. The molecule has 0 aliphatic heterocycles. The number of hydrogen-bond donors (Lipinski definition) is 1. The summed E-state index contributed by atoms with van der Waals surface area (Å²) >= 11 is 5.91. The lowest BCUT2D eigenvalue weighted by atomic mass is 10.2. The van der Waals surface area contributed by atoms with Crippen molar-refractivity contribution in [3.05, 3.63) is 69.2 Å². The number of halogens is 1. The standard InChI is InChI=1S/C15H12ClN3O4/c16-14-7-6-12(19(21)22)8-11(14)9-17-18-15(20)10-23-13-4-2-1-3-5-13/h1-9H,10H2,(H,18,20)/b17-9+. The maximum absolute atomic E-state index is 11.6. The fourth-order valence-corrected chi connectivity index (χ4v) is 1.78. The van der Waals surface area contributed by atoms with Crippen molar-refractivity contribution in [2.75, 3.05) is 6.61 Å². The van der Waals surface area contributed by atoms with E-state index in [2.05, 4.69) is 10.5 Å². The highest BCUT2D eigenvalue weighted by Gasteiger charge is 2.08. The van der Waals surface area contributed by atoms with E-state index in [1.807, 2.05) is 6.07 Å². The molecule has 0 saturated heterocycles. The molecule has 2 rings (SSSR count). The fraction of sp³-hybridized carbons (Fsp3) is 0.0667. The minimum absolute atomic E-state index is 0.116. The second kappa shape index (κ2) is 7.90. The van der Waals surface area contributed by atoms with E-state index in [0.717, 1.165) is 0 Å². The molecule has 0 fully saturated rings. The zero-order valence-corrected chi connectivity index (χ0v) is 12.6. The van der Waals surface area contributed by atoms with Gasteiger partial charge < -0.3 is 4.74 Å². The van der Waals surface area contributed by atoms with Gasteiger partial charge in [0.25, 0.3) is 11.6 Å². The van der Waals surface area contributed by atoms with E-state index in [1.54, 1.807) is 24.3 Å². The largest absolute Gasteiger partial charge is 0.484 e. The highest BCUT2D eigenvalue weighted by atomic mass is 35.5. The van der Waals surface area contributed by atoms with E-state index in [1.165, 1.54) is 24.4 Å². The normalized spacial score (nSPS) is 10.5. The zero-order valence-electron chi connectivity index (χ0n) is 11.8. The molecule has 0 aromatic heterocycles. The molecule has 23 heavy (non-hydrogen) atoms. The summed E-state index contributed by atoms with van der Waals surface area (Å²) in [4.78, 5) is 21.7. The summed E-state index contributed by atoms with van der Waals surface area (Å²) in [5, 5.41) is 14.7. The molecule has 0 bridgehead atoms. The molecular formula is C15H12ClN3O4. The second-order valence-corrected chi connectivity index (χ2v) is 4.77. The van der Waals surface area contributed by atoms with Crippen molar-refractivity contribution >= 4 is 29.4 Å². The van der Waals surface area contributed by atoms with Crippen LogP contribution in [0.25, 0.3) is 0 Å². The van der Waals surface area contributed by atoms with Crippen LogP contribution in [0, 0.1) is 10.1 Å². The Morgan fingerprint density at radius 3 is 2.74 bits per heavy atom. The van der Waals surface area contributed by atoms with Crippen LogP contribution in [0.1, 0.15) is 5.56 Å². The van der Waals surface area contributed by atoms with E-state index in [0.29, 0.717) is 11.3 Å². The van der Waals surface area contributed by atoms with E-state index in [4.69, 9.17) is 16.3 Å². The lowest BCUT2D eigenvalue weighted by Gasteiger charge is -2.04. The molecule has 0 atom stereocenters. The zero-order chi connectivity index (χ0) is 16.7. The van der Waals surface area contributed by atoms with Gasteiger partial charge in [-0.3, -0.25) is 14.9 Å². The lowest BCUT2D eigenvalue weighted by molar-refractivity contribution is -0.384. The molecule has 0 spiro atoms. The van der Waals surface area contributed by atoms with Gasteiger partial charge in [0, 0.05) is 22.7 Å². The maximum Gasteiger partial charge on any atom is 0.277 e. The van der Waals surface area contributed by atoms with Gasteiger partial charge in [-0.2, -0.15) is 5.10 Å². The molecular weight excluding hydrogens is 322 g/mol. The Labute approximate surface area is 136 Å². The average molecular weight is 334 g/mol. The summed E-state index contributed by atoms with van der Waals surface area (Å²) in [5.41, 5.74) is 2.46. The average Bonchev–Trinajstić information content (AvgIpc) is 2.55. The summed E-state index contributed by atoms with van der Waals surface area (Å²) in [7, 11) is 0. The van der Waals surface area contributed by atoms with Crippen LogP contribution in [0.15, 0.2) is 53.6 Å². The number of benzene rings is 2. The van der Waals surface area contributed by atoms with Gasteiger partial charge in [-0.05, 0) is 18.2 Å². The fourth-order valence-electron chi connectivity index (χ4n) is 1.62. The van der Waals surface area contributed by atoms with Crippen molar-refractivity contribution < 1.29 is 14.5 Å². The third-order valence-electron chi connectivity index (χ3n) is 2.70. The van der Waals surface area contributed by atoms with Crippen molar-refractivity contribution in [3.8, 4) is 5.75 Å². The number of amides is 1.